The van der Waals surface area contributed by atoms with Crippen LogP contribution in [0, 0.1) is 0 Å². The second-order valence-corrected chi connectivity index (χ2v) is 8.22. The third-order valence-corrected chi connectivity index (χ3v) is 6.11. The van der Waals surface area contributed by atoms with Crippen molar-refractivity contribution in [3.8, 4) is 5.69 Å². The number of hydrogen-bond acceptors (Lipinski definition) is 3. The predicted octanol–water partition coefficient (Wildman–Crippen LogP) is 5.17. The van der Waals surface area contributed by atoms with E-state index in [0.717, 1.165) is 36.2 Å². The summed E-state index contributed by atoms with van der Waals surface area (Å²) >= 11 is 0. The highest BCUT2D eigenvalue weighted by Crippen LogP contribution is 2.27. The van der Waals surface area contributed by atoms with E-state index in [1.54, 1.807) is 0 Å². The molecule has 3 aromatic carbocycles. The van der Waals surface area contributed by atoms with Crippen molar-refractivity contribution in [2.75, 3.05) is 0 Å². The van der Waals surface area contributed by atoms with Gasteiger partial charge in [0.25, 0.3) is 0 Å². The number of aromatic nitrogens is 2. The SMILES string of the molecule is C=NCc1ccc2c(c1)CC(C)N(Cc1cccc(-n3cnc4ccccc43)c1)C2. The number of hydrogen-bond donors (Lipinski definition) is 0. The largest absolute Gasteiger partial charge is 0.299 e. The number of fused-ring (bicyclic) bond motifs is 2. The van der Waals surface area contributed by atoms with Crippen LogP contribution in [0.25, 0.3) is 16.7 Å². The number of aliphatic imine (C=N–C) groups is 1. The van der Waals surface area contributed by atoms with Gasteiger partial charge >= 0.3 is 0 Å². The van der Waals surface area contributed by atoms with Crippen LogP contribution >= 0.6 is 0 Å². The summed E-state index contributed by atoms with van der Waals surface area (Å²) in [6, 6.07) is 24.3. The molecule has 1 aliphatic rings. The molecule has 0 amide bonds. The monoisotopic (exact) mass is 394 g/mol. The molecule has 5 rings (SSSR count). The Kier molecular flexibility index (Phi) is 4.93. The van der Waals surface area contributed by atoms with Crippen LogP contribution in [0.4, 0.5) is 0 Å². The Morgan fingerprint density at radius 3 is 2.80 bits per heavy atom. The zero-order chi connectivity index (χ0) is 20.5. The molecule has 1 atom stereocenters. The minimum Gasteiger partial charge on any atom is -0.299 e. The van der Waals surface area contributed by atoms with Gasteiger partial charge in [-0.25, -0.2) is 4.98 Å². The molecule has 0 spiro atoms. The van der Waals surface area contributed by atoms with Gasteiger partial charge in [0.15, 0.2) is 0 Å². The number of imidazole rings is 1. The van der Waals surface area contributed by atoms with Gasteiger partial charge in [-0.15, -0.1) is 0 Å². The summed E-state index contributed by atoms with van der Waals surface area (Å²) in [6.45, 7) is 8.57. The van der Waals surface area contributed by atoms with Crippen molar-refractivity contribution < 1.29 is 0 Å². The first kappa shape index (κ1) is 18.8. The smallest absolute Gasteiger partial charge is 0.100 e. The molecule has 4 heteroatoms. The summed E-state index contributed by atoms with van der Waals surface area (Å²) in [5.74, 6) is 0. The molecule has 1 aliphatic heterocycles. The van der Waals surface area contributed by atoms with Crippen LogP contribution in [-0.4, -0.2) is 27.2 Å². The van der Waals surface area contributed by atoms with Crippen molar-refractivity contribution in [3.63, 3.8) is 0 Å². The Morgan fingerprint density at radius 2 is 1.90 bits per heavy atom. The lowest BCUT2D eigenvalue weighted by Crippen LogP contribution is -2.37. The van der Waals surface area contributed by atoms with Gasteiger partial charge in [-0.05, 0) is 66.6 Å². The molecule has 4 nitrogen and oxygen atoms in total. The molecular weight excluding hydrogens is 368 g/mol. The van der Waals surface area contributed by atoms with E-state index in [-0.39, 0.29) is 0 Å². The predicted molar refractivity (Wildman–Crippen MR) is 123 cm³/mol. The van der Waals surface area contributed by atoms with Crippen LogP contribution in [0.1, 0.15) is 29.2 Å². The highest BCUT2D eigenvalue weighted by molar-refractivity contribution is 5.77. The molecule has 0 fully saturated rings. The average molecular weight is 395 g/mol. The molecule has 4 aromatic rings. The van der Waals surface area contributed by atoms with E-state index < -0.39 is 0 Å². The summed E-state index contributed by atoms with van der Waals surface area (Å²) in [4.78, 5) is 11.1. The number of nitrogens with zero attached hydrogens (tertiary/aromatic N) is 4. The third-order valence-electron chi connectivity index (χ3n) is 6.11. The van der Waals surface area contributed by atoms with Crippen LogP contribution in [0.5, 0.6) is 0 Å². The summed E-state index contributed by atoms with van der Waals surface area (Å²) in [6.07, 6.45) is 2.99. The Balaban J connectivity index is 1.38. The van der Waals surface area contributed by atoms with E-state index in [4.69, 9.17) is 0 Å². The fourth-order valence-electron chi connectivity index (χ4n) is 4.49. The Hall–Kier alpha value is -3.24. The van der Waals surface area contributed by atoms with E-state index in [1.165, 1.54) is 22.3 Å². The van der Waals surface area contributed by atoms with Crippen molar-refractivity contribution >= 4 is 17.8 Å². The van der Waals surface area contributed by atoms with Gasteiger partial charge in [0, 0.05) is 24.8 Å². The van der Waals surface area contributed by atoms with Gasteiger partial charge in [-0.2, -0.15) is 0 Å². The summed E-state index contributed by atoms with van der Waals surface area (Å²) in [5.41, 5.74) is 8.79. The molecule has 30 heavy (non-hydrogen) atoms. The van der Waals surface area contributed by atoms with E-state index in [1.807, 2.05) is 12.4 Å². The molecular formula is C26H26N4. The fourth-order valence-corrected chi connectivity index (χ4v) is 4.49. The van der Waals surface area contributed by atoms with Crippen molar-refractivity contribution in [2.45, 2.75) is 39.0 Å². The van der Waals surface area contributed by atoms with Gasteiger partial charge in [-0.1, -0.05) is 42.5 Å². The minimum absolute atomic E-state index is 0.502. The maximum Gasteiger partial charge on any atom is 0.100 e. The normalized spacial score (nSPS) is 16.5. The summed E-state index contributed by atoms with van der Waals surface area (Å²) in [5, 5.41) is 0. The second-order valence-electron chi connectivity index (χ2n) is 8.22. The lowest BCUT2D eigenvalue weighted by Gasteiger charge is -2.35. The first-order valence-electron chi connectivity index (χ1n) is 10.5. The molecule has 0 bridgehead atoms. The van der Waals surface area contributed by atoms with Crippen molar-refractivity contribution in [1.82, 2.24) is 14.5 Å². The molecule has 150 valence electrons. The molecule has 0 saturated carbocycles. The molecule has 0 aliphatic carbocycles. The van der Waals surface area contributed by atoms with Gasteiger partial charge < -0.3 is 0 Å². The highest BCUT2D eigenvalue weighted by atomic mass is 15.2. The van der Waals surface area contributed by atoms with E-state index in [0.29, 0.717) is 12.6 Å². The number of para-hydroxylation sites is 2. The van der Waals surface area contributed by atoms with Gasteiger partial charge in [0.2, 0.25) is 0 Å². The lowest BCUT2D eigenvalue weighted by molar-refractivity contribution is 0.175. The Bertz CT molecular complexity index is 1210. The highest BCUT2D eigenvalue weighted by Gasteiger charge is 2.23. The molecule has 1 unspecified atom stereocenters. The lowest BCUT2D eigenvalue weighted by atomic mass is 9.92. The van der Waals surface area contributed by atoms with Crippen LogP contribution < -0.4 is 0 Å². The quantitative estimate of drug-likeness (QED) is 0.437. The maximum absolute atomic E-state index is 4.54. The first-order chi connectivity index (χ1) is 14.7. The van der Waals surface area contributed by atoms with Crippen LogP contribution in [-0.2, 0) is 26.1 Å². The van der Waals surface area contributed by atoms with Crippen molar-refractivity contribution in [3.05, 3.63) is 95.3 Å². The van der Waals surface area contributed by atoms with Crippen LogP contribution in [0.2, 0.25) is 0 Å². The van der Waals surface area contributed by atoms with Gasteiger partial charge in [-0.3, -0.25) is 14.5 Å². The molecule has 2 heterocycles. The molecule has 1 aromatic heterocycles. The maximum atomic E-state index is 4.54. The first-order valence-corrected chi connectivity index (χ1v) is 10.5. The fraction of sp³-hybridized carbons (Fsp3) is 0.231. The minimum atomic E-state index is 0.502. The number of benzene rings is 3. The van der Waals surface area contributed by atoms with E-state index in [2.05, 4.69) is 93.7 Å². The standard InChI is InChI=1S/C26H26N4/c1-19-12-23-13-20(15-27-2)10-11-22(23)17-29(19)16-21-6-5-7-24(14-21)30-18-28-25-8-3-4-9-26(25)30/h3-11,13-14,18-19H,2,12,15-17H2,1H3. The Labute approximate surface area is 177 Å². The second kappa shape index (κ2) is 7.88. The average Bonchev–Trinajstić information content (AvgIpc) is 3.19. The Morgan fingerprint density at radius 1 is 1.00 bits per heavy atom. The molecule has 0 radical (unpaired) electrons. The van der Waals surface area contributed by atoms with E-state index >= 15 is 0 Å². The van der Waals surface area contributed by atoms with Gasteiger partial charge in [0.1, 0.15) is 6.33 Å². The van der Waals surface area contributed by atoms with Crippen molar-refractivity contribution in [2.24, 2.45) is 4.99 Å². The zero-order valence-corrected chi connectivity index (χ0v) is 17.3. The van der Waals surface area contributed by atoms with Gasteiger partial charge in [0.05, 0.1) is 17.6 Å². The topological polar surface area (TPSA) is 33.4 Å². The molecule has 0 saturated heterocycles. The molecule has 0 N–H and O–H groups in total. The summed E-state index contributed by atoms with van der Waals surface area (Å²) < 4.78 is 2.17. The zero-order valence-electron chi connectivity index (χ0n) is 17.3. The van der Waals surface area contributed by atoms with Crippen LogP contribution in [0.15, 0.2) is 78.0 Å². The van der Waals surface area contributed by atoms with E-state index in [9.17, 15) is 0 Å². The van der Waals surface area contributed by atoms with Crippen LogP contribution in [0.3, 0.4) is 0 Å². The summed E-state index contributed by atoms with van der Waals surface area (Å²) in [7, 11) is 0. The third kappa shape index (κ3) is 3.55. The van der Waals surface area contributed by atoms with Crippen molar-refractivity contribution in [1.29, 1.82) is 0 Å². The number of rotatable bonds is 5.